The van der Waals surface area contributed by atoms with Crippen LogP contribution in [0.15, 0.2) is 48.5 Å². The van der Waals surface area contributed by atoms with Crippen molar-refractivity contribution in [1.29, 1.82) is 0 Å². The van der Waals surface area contributed by atoms with Gasteiger partial charge in [0, 0.05) is 41.8 Å². The van der Waals surface area contributed by atoms with E-state index in [2.05, 4.69) is 17.1 Å². The zero-order valence-electron chi connectivity index (χ0n) is 16.3. The van der Waals surface area contributed by atoms with Crippen molar-refractivity contribution < 1.29 is 14.7 Å². The van der Waals surface area contributed by atoms with Crippen LogP contribution < -0.4 is 5.32 Å². The SMILES string of the molecule is CCN1CCc2nc3ccccc3c(C(=O)Nc3ccc(CC(=O)O)cc3)c2C1. The van der Waals surface area contributed by atoms with Crippen LogP contribution >= 0.6 is 0 Å². The first-order chi connectivity index (χ1) is 14.0. The fourth-order valence-corrected chi connectivity index (χ4v) is 3.85. The first-order valence-corrected chi connectivity index (χ1v) is 9.80. The zero-order valence-corrected chi connectivity index (χ0v) is 16.3. The minimum Gasteiger partial charge on any atom is -0.481 e. The molecule has 1 aliphatic rings. The van der Waals surface area contributed by atoms with E-state index in [1.807, 2.05) is 24.3 Å². The van der Waals surface area contributed by atoms with Gasteiger partial charge in [-0.25, -0.2) is 0 Å². The number of aromatic nitrogens is 1. The van der Waals surface area contributed by atoms with E-state index in [0.29, 0.717) is 23.4 Å². The molecule has 0 unspecified atom stereocenters. The quantitative estimate of drug-likeness (QED) is 0.698. The summed E-state index contributed by atoms with van der Waals surface area (Å²) in [5, 5.41) is 12.7. The molecule has 2 heterocycles. The number of hydrogen-bond donors (Lipinski definition) is 2. The number of para-hydroxylation sites is 1. The first-order valence-electron chi connectivity index (χ1n) is 9.80. The van der Waals surface area contributed by atoms with Gasteiger partial charge in [0.25, 0.3) is 5.91 Å². The Labute approximate surface area is 169 Å². The van der Waals surface area contributed by atoms with E-state index in [4.69, 9.17) is 10.1 Å². The number of hydrogen-bond acceptors (Lipinski definition) is 4. The van der Waals surface area contributed by atoms with Crippen LogP contribution in [0.3, 0.4) is 0 Å². The highest BCUT2D eigenvalue weighted by atomic mass is 16.4. The van der Waals surface area contributed by atoms with E-state index in [9.17, 15) is 9.59 Å². The summed E-state index contributed by atoms with van der Waals surface area (Å²) in [6, 6.07) is 14.7. The van der Waals surface area contributed by atoms with E-state index in [0.717, 1.165) is 41.7 Å². The van der Waals surface area contributed by atoms with Gasteiger partial charge >= 0.3 is 5.97 Å². The molecule has 6 heteroatoms. The second-order valence-electron chi connectivity index (χ2n) is 7.27. The molecule has 29 heavy (non-hydrogen) atoms. The van der Waals surface area contributed by atoms with Crippen LogP contribution in [0.2, 0.25) is 0 Å². The molecular formula is C23H23N3O3. The molecule has 2 aromatic carbocycles. The number of rotatable bonds is 5. The monoisotopic (exact) mass is 389 g/mol. The summed E-state index contributed by atoms with van der Waals surface area (Å²) in [7, 11) is 0. The number of carbonyl (C=O) groups excluding carboxylic acids is 1. The van der Waals surface area contributed by atoms with Gasteiger partial charge in [0.1, 0.15) is 0 Å². The lowest BCUT2D eigenvalue weighted by atomic mass is 9.95. The van der Waals surface area contributed by atoms with Crippen LogP contribution in [0, 0.1) is 0 Å². The fourth-order valence-electron chi connectivity index (χ4n) is 3.85. The summed E-state index contributed by atoms with van der Waals surface area (Å²) in [5.41, 5.74) is 4.84. The number of fused-ring (bicyclic) bond motifs is 2. The third kappa shape index (κ3) is 3.98. The molecular weight excluding hydrogens is 366 g/mol. The average molecular weight is 389 g/mol. The molecule has 3 aromatic rings. The molecule has 4 rings (SSSR count). The topological polar surface area (TPSA) is 82.5 Å². The largest absolute Gasteiger partial charge is 0.481 e. The van der Waals surface area contributed by atoms with Crippen LogP contribution in [0.5, 0.6) is 0 Å². The Hall–Kier alpha value is -3.25. The standard InChI is InChI=1S/C23H23N3O3/c1-2-26-12-11-20-18(14-26)22(17-5-3-4-6-19(17)25-20)23(29)24-16-9-7-15(8-10-16)13-21(27)28/h3-10H,2,11-14H2,1H3,(H,24,29)(H,27,28). The molecule has 0 fully saturated rings. The molecule has 0 saturated heterocycles. The van der Waals surface area contributed by atoms with Crippen LogP contribution in [-0.2, 0) is 24.2 Å². The second kappa shape index (κ2) is 8.01. The second-order valence-corrected chi connectivity index (χ2v) is 7.27. The smallest absolute Gasteiger partial charge is 0.307 e. The number of nitrogens with one attached hydrogen (secondary N) is 1. The van der Waals surface area contributed by atoms with Gasteiger partial charge in [0.2, 0.25) is 0 Å². The molecule has 0 aliphatic carbocycles. The highest BCUT2D eigenvalue weighted by Crippen LogP contribution is 2.29. The predicted octanol–water partition coefficient (Wildman–Crippen LogP) is 3.49. The number of aliphatic carboxylic acids is 1. The van der Waals surface area contributed by atoms with Gasteiger partial charge in [-0.2, -0.15) is 0 Å². The maximum Gasteiger partial charge on any atom is 0.307 e. The number of anilines is 1. The molecule has 1 aliphatic heterocycles. The van der Waals surface area contributed by atoms with Crippen molar-refractivity contribution in [3.05, 3.63) is 70.9 Å². The zero-order chi connectivity index (χ0) is 20.4. The number of benzene rings is 2. The number of carboxylic acids is 1. The average Bonchev–Trinajstić information content (AvgIpc) is 2.72. The summed E-state index contributed by atoms with van der Waals surface area (Å²) in [6.07, 6.45) is 0.793. The number of carbonyl (C=O) groups is 2. The molecule has 6 nitrogen and oxygen atoms in total. The van der Waals surface area contributed by atoms with Crippen molar-refractivity contribution in [2.75, 3.05) is 18.4 Å². The van der Waals surface area contributed by atoms with Crippen molar-refractivity contribution in [3.63, 3.8) is 0 Å². The van der Waals surface area contributed by atoms with E-state index < -0.39 is 5.97 Å². The third-order valence-electron chi connectivity index (χ3n) is 5.37. The molecule has 1 aromatic heterocycles. The third-order valence-corrected chi connectivity index (χ3v) is 5.37. The summed E-state index contributed by atoms with van der Waals surface area (Å²) < 4.78 is 0. The number of amides is 1. The fraction of sp³-hybridized carbons (Fsp3) is 0.261. The van der Waals surface area contributed by atoms with Gasteiger partial charge in [-0.3, -0.25) is 19.5 Å². The predicted molar refractivity (Wildman–Crippen MR) is 112 cm³/mol. The summed E-state index contributed by atoms with van der Waals surface area (Å²) in [4.78, 5) is 31.3. The number of nitrogens with zero attached hydrogens (tertiary/aromatic N) is 2. The van der Waals surface area contributed by atoms with Gasteiger partial charge in [0.15, 0.2) is 0 Å². The lowest BCUT2D eigenvalue weighted by Gasteiger charge is -2.29. The maximum atomic E-state index is 13.3. The van der Waals surface area contributed by atoms with Crippen LogP contribution in [0.25, 0.3) is 10.9 Å². The van der Waals surface area contributed by atoms with E-state index in [1.165, 1.54) is 0 Å². The summed E-state index contributed by atoms with van der Waals surface area (Å²) >= 11 is 0. The Morgan fingerprint density at radius 1 is 1.14 bits per heavy atom. The van der Waals surface area contributed by atoms with Crippen LogP contribution in [-0.4, -0.2) is 40.0 Å². The van der Waals surface area contributed by atoms with Gasteiger partial charge in [0.05, 0.1) is 17.5 Å². The Morgan fingerprint density at radius 3 is 2.62 bits per heavy atom. The minimum absolute atomic E-state index is 0.0381. The lowest BCUT2D eigenvalue weighted by Crippen LogP contribution is -2.33. The Kier molecular flexibility index (Phi) is 5.27. The lowest BCUT2D eigenvalue weighted by molar-refractivity contribution is -0.136. The highest BCUT2D eigenvalue weighted by Gasteiger charge is 2.25. The van der Waals surface area contributed by atoms with Crippen molar-refractivity contribution in [2.24, 2.45) is 0 Å². The van der Waals surface area contributed by atoms with Gasteiger partial charge in [-0.05, 0) is 30.3 Å². The normalized spacial score (nSPS) is 13.8. The molecule has 0 radical (unpaired) electrons. The summed E-state index contributed by atoms with van der Waals surface area (Å²) in [5.74, 6) is -1.04. The van der Waals surface area contributed by atoms with E-state index >= 15 is 0 Å². The van der Waals surface area contributed by atoms with Crippen LogP contribution in [0.1, 0.15) is 34.1 Å². The Balaban J connectivity index is 1.70. The molecule has 0 bridgehead atoms. The first kappa shape index (κ1) is 19.1. The minimum atomic E-state index is -0.878. The summed E-state index contributed by atoms with van der Waals surface area (Å²) in [6.45, 7) is 4.71. The Morgan fingerprint density at radius 2 is 1.90 bits per heavy atom. The van der Waals surface area contributed by atoms with Crippen molar-refractivity contribution in [1.82, 2.24) is 9.88 Å². The van der Waals surface area contributed by atoms with Crippen molar-refractivity contribution >= 4 is 28.5 Å². The number of pyridine rings is 1. The number of likely N-dealkylation sites (N-methyl/N-ethyl adjacent to an activating group) is 1. The highest BCUT2D eigenvalue weighted by molar-refractivity contribution is 6.13. The molecule has 0 atom stereocenters. The van der Waals surface area contributed by atoms with Crippen molar-refractivity contribution in [3.8, 4) is 0 Å². The maximum absolute atomic E-state index is 13.3. The molecule has 1 amide bonds. The molecule has 0 spiro atoms. The van der Waals surface area contributed by atoms with Gasteiger partial charge < -0.3 is 10.4 Å². The van der Waals surface area contributed by atoms with E-state index in [-0.39, 0.29) is 12.3 Å². The van der Waals surface area contributed by atoms with Gasteiger partial charge in [-0.1, -0.05) is 37.3 Å². The number of carboxylic acid groups (broad SMARTS) is 1. The Bertz CT molecular complexity index is 1080. The van der Waals surface area contributed by atoms with Crippen molar-refractivity contribution in [2.45, 2.75) is 26.3 Å². The molecule has 0 saturated carbocycles. The van der Waals surface area contributed by atoms with Crippen LogP contribution in [0.4, 0.5) is 5.69 Å². The van der Waals surface area contributed by atoms with E-state index in [1.54, 1.807) is 24.3 Å². The van der Waals surface area contributed by atoms with Gasteiger partial charge in [-0.15, -0.1) is 0 Å². The molecule has 148 valence electrons. The molecule has 2 N–H and O–H groups in total.